The van der Waals surface area contributed by atoms with Crippen molar-refractivity contribution in [2.75, 3.05) is 28.7 Å². The number of allylic oxidation sites excluding steroid dienone is 1. The van der Waals surface area contributed by atoms with E-state index in [4.69, 9.17) is 0 Å². The SMILES string of the molecule is CC1(C(=O)O)C=C(SCC(=O)N[C@@H]2C(=O)N3C(C(=O)O)=C(/C=C4\CCN(Cc5cccc[n+]5CC(=O)Nc5ccc(O)c(F)c5)C4=O)CS[C@H]23)n2nc(-c3ccc(O)c(O)c3)nc2N1. The summed E-state index contributed by atoms with van der Waals surface area (Å²) in [5.74, 6) is -7.06. The van der Waals surface area contributed by atoms with Crippen LogP contribution >= 0.6 is 23.5 Å². The van der Waals surface area contributed by atoms with Gasteiger partial charge in [0.05, 0.1) is 5.75 Å². The molecular weight excluding hydrogens is 878 g/mol. The van der Waals surface area contributed by atoms with Gasteiger partial charge in [0.25, 0.3) is 11.8 Å². The molecule has 8 rings (SSSR count). The zero-order valence-corrected chi connectivity index (χ0v) is 35.0. The second-order valence-corrected chi connectivity index (χ2v) is 17.2. The number of carbonyl (C=O) groups excluding carboxylic acids is 4. The molecule has 0 aliphatic carbocycles. The van der Waals surface area contributed by atoms with E-state index in [0.717, 1.165) is 28.8 Å². The molecule has 2 aromatic heterocycles. The molecule has 4 amide bonds. The van der Waals surface area contributed by atoms with Gasteiger partial charge in [0.1, 0.15) is 28.7 Å². The Hall–Kier alpha value is -7.40. The molecule has 4 aliphatic rings. The number of aromatic hydroxyl groups is 3. The van der Waals surface area contributed by atoms with Crippen LogP contribution in [0, 0.1) is 5.82 Å². The lowest BCUT2D eigenvalue weighted by molar-refractivity contribution is -0.692. The lowest BCUT2D eigenvalue weighted by Gasteiger charge is -2.49. The molecule has 23 heteroatoms. The van der Waals surface area contributed by atoms with Crippen LogP contribution < -0.4 is 20.5 Å². The van der Waals surface area contributed by atoms with Crippen molar-refractivity contribution >= 4 is 75.8 Å². The van der Waals surface area contributed by atoms with Crippen LogP contribution in [0.4, 0.5) is 16.0 Å². The van der Waals surface area contributed by atoms with Gasteiger partial charge < -0.3 is 46.4 Å². The van der Waals surface area contributed by atoms with Crippen LogP contribution in [0.3, 0.4) is 0 Å². The molecule has 8 N–H and O–H groups in total. The average molecular weight is 915 g/mol. The van der Waals surface area contributed by atoms with Crippen molar-refractivity contribution < 1.29 is 63.3 Å². The number of anilines is 2. The summed E-state index contributed by atoms with van der Waals surface area (Å²) in [6, 6.07) is 11.5. The van der Waals surface area contributed by atoms with Crippen LogP contribution in [-0.2, 0) is 41.9 Å². The summed E-state index contributed by atoms with van der Waals surface area (Å²) in [5, 5.41) is 61.3. The minimum absolute atomic E-state index is 0.0292. The van der Waals surface area contributed by atoms with E-state index in [1.807, 2.05) is 0 Å². The molecule has 64 heavy (non-hydrogen) atoms. The van der Waals surface area contributed by atoms with Gasteiger partial charge in [-0.25, -0.2) is 14.0 Å². The van der Waals surface area contributed by atoms with Gasteiger partial charge in [-0.05, 0) is 61.4 Å². The molecule has 4 aromatic rings. The topological polar surface area (TPSA) is 281 Å². The van der Waals surface area contributed by atoms with Gasteiger partial charge in [-0.2, -0.15) is 14.2 Å². The largest absolute Gasteiger partial charge is 0.505 e. The number of carboxylic acid groups (broad SMARTS) is 2. The Morgan fingerprint density at radius 2 is 1.83 bits per heavy atom. The Labute approximate surface area is 369 Å². The smallest absolute Gasteiger partial charge is 0.352 e. The number of nitrogens with one attached hydrogen (secondary N) is 3. The summed E-state index contributed by atoms with van der Waals surface area (Å²) in [4.78, 5) is 85.1. The summed E-state index contributed by atoms with van der Waals surface area (Å²) >= 11 is 2.13. The monoisotopic (exact) mass is 914 g/mol. The first kappa shape index (κ1) is 43.3. The van der Waals surface area contributed by atoms with Crippen molar-refractivity contribution in [2.45, 2.75) is 43.4 Å². The number of thioether (sulfide) groups is 2. The molecule has 6 heterocycles. The zero-order valence-electron chi connectivity index (χ0n) is 33.4. The van der Waals surface area contributed by atoms with E-state index in [1.165, 1.54) is 59.8 Å². The number of amides is 4. The number of hydrogen-bond donors (Lipinski definition) is 8. The predicted molar refractivity (Wildman–Crippen MR) is 226 cm³/mol. The first-order valence-corrected chi connectivity index (χ1v) is 21.4. The number of benzene rings is 2. The highest BCUT2D eigenvalue weighted by atomic mass is 32.2. The number of fused-ring (bicyclic) bond motifs is 2. The van der Waals surface area contributed by atoms with E-state index in [-0.39, 0.29) is 76.4 Å². The van der Waals surface area contributed by atoms with Crippen LogP contribution in [0.15, 0.2) is 89.8 Å². The maximum absolute atomic E-state index is 13.8. The fourth-order valence-corrected chi connectivity index (χ4v) is 9.58. The molecule has 0 bridgehead atoms. The molecule has 2 aromatic carbocycles. The van der Waals surface area contributed by atoms with Gasteiger partial charge >= 0.3 is 11.9 Å². The fraction of sp³-hybridized carbons (Fsp3) is 0.244. The van der Waals surface area contributed by atoms with Gasteiger partial charge in [0.15, 0.2) is 40.6 Å². The first-order chi connectivity index (χ1) is 30.5. The van der Waals surface area contributed by atoms with Crippen LogP contribution in [0.2, 0.25) is 0 Å². The molecule has 4 aliphatic heterocycles. The Morgan fingerprint density at radius 1 is 1.05 bits per heavy atom. The summed E-state index contributed by atoms with van der Waals surface area (Å²) in [6.07, 6.45) is 4.77. The minimum Gasteiger partial charge on any atom is -0.505 e. The first-order valence-electron chi connectivity index (χ1n) is 19.3. The Morgan fingerprint density at radius 3 is 2.56 bits per heavy atom. The predicted octanol–water partition coefficient (Wildman–Crippen LogP) is 2.03. The van der Waals surface area contributed by atoms with E-state index in [9.17, 15) is 58.7 Å². The number of likely N-dealkylation sites (tertiary alicyclic amines) is 1. The lowest BCUT2D eigenvalue weighted by atomic mass is 10.0. The van der Waals surface area contributed by atoms with Gasteiger partial charge in [0, 0.05) is 47.3 Å². The highest BCUT2D eigenvalue weighted by Gasteiger charge is 2.54. The van der Waals surface area contributed by atoms with E-state index in [2.05, 4.69) is 26.0 Å². The molecule has 0 saturated carbocycles. The maximum Gasteiger partial charge on any atom is 0.352 e. The molecule has 2 saturated heterocycles. The molecule has 3 atom stereocenters. The summed E-state index contributed by atoms with van der Waals surface area (Å²) in [7, 11) is 0. The van der Waals surface area contributed by atoms with Crippen molar-refractivity contribution in [1.29, 1.82) is 0 Å². The molecule has 0 spiro atoms. The van der Waals surface area contributed by atoms with E-state index in [0.29, 0.717) is 23.4 Å². The molecule has 2 fully saturated rings. The number of phenols is 3. The third-order valence-corrected chi connectivity index (χ3v) is 12.9. The van der Waals surface area contributed by atoms with Gasteiger partial charge in [-0.3, -0.25) is 24.1 Å². The minimum atomic E-state index is -1.65. The van der Waals surface area contributed by atoms with Crippen molar-refractivity contribution in [3.05, 3.63) is 101 Å². The summed E-state index contributed by atoms with van der Waals surface area (Å²) < 4.78 is 16.7. The number of halogens is 1. The van der Waals surface area contributed by atoms with Gasteiger partial charge in [0.2, 0.25) is 30.0 Å². The number of hydrogen-bond acceptors (Lipinski definition) is 14. The molecule has 330 valence electrons. The van der Waals surface area contributed by atoms with E-state index < -0.39 is 63.9 Å². The standard InChI is InChI=1S/C41H36FN9O11S2/c1-41(39(61)62)15-31(51-40(46-41)45-34(47-51)20-5-7-27(53)28(54)13-20)63-19-30(56)44-32-36(58)50-33(38(59)60)22(18-64-37(32)50)12-21-9-11-49(35(21)57)16-24-4-2-3-10-48(24)17-29(55)43-23-6-8-26(52)25(42)14-23/h2-8,10,12-15,32,37H,9,11,16-19H2,1H3,(H7-,43,44,45,46,47,52,53,54,55,56,59,60,61,62)/p+1/b21-12+/t32-,37-,41?/m1/s1. The quantitative estimate of drug-likeness (QED) is 0.0313. The molecule has 20 nitrogen and oxygen atoms in total. The second-order valence-electron chi connectivity index (χ2n) is 15.1. The normalized spacial score (nSPS) is 20.8. The Kier molecular flexibility index (Phi) is 11.5. The third-order valence-electron chi connectivity index (χ3n) is 10.6. The van der Waals surface area contributed by atoms with E-state index >= 15 is 0 Å². The third kappa shape index (κ3) is 8.41. The number of rotatable bonds is 13. The molecular formula is C41H37FN9O11S2+. The lowest BCUT2D eigenvalue weighted by Crippen LogP contribution is -2.70. The highest BCUT2D eigenvalue weighted by Crippen LogP contribution is 2.42. The number of aromatic nitrogens is 4. The number of phenolic OH excluding ortho intramolecular Hbond substituents is 3. The zero-order chi connectivity index (χ0) is 45.6. The summed E-state index contributed by atoms with van der Waals surface area (Å²) in [5.41, 5.74) is -0.316. The van der Waals surface area contributed by atoms with Gasteiger partial charge in [-0.15, -0.1) is 16.9 Å². The van der Waals surface area contributed by atoms with Crippen LogP contribution in [0.5, 0.6) is 17.2 Å². The average Bonchev–Trinajstić information content (AvgIpc) is 3.84. The summed E-state index contributed by atoms with van der Waals surface area (Å²) in [6.45, 7) is 1.63. The fourth-order valence-electron chi connectivity index (χ4n) is 7.34. The second kappa shape index (κ2) is 17.0. The molecule has 0 radical (unpaired) electrons. The van der Waals surface area contributed by atoms with Crippen LogP contribution in [0.1, 0.15) is 19.0 Å². The Balaban J connectivity index is 0.910. The van der Waals surface area contributed by atoms with Crippen molar-refractivity contribution in [1.82, 2.24) is 29.9 Å². The van der Waals surface area contributed by atoms with Crippen LogP contribution in [0.25, 0.3) is 16.4 Å². The van der Waals surface area contributed by atoms with E-state index in [1.54, 1.807) is 33.9 Å². The number of carbonyl (C=O) groups is 6. The number of carboxylic acids is 2. The number of nitrogens with zero attached hydrogens (tertiary/aromatic N) is 6. The highest BCUT2D eigenvalue weighted by molar-refractivity contribution is 8.08. The van der Waals surface area contributed by atoms with Gasteiger partial charge in [-0.1, -0.05) is 17.8 Å². The number of aliphatic carboxylic acids is 2. The van der Waals surface area contributed by atoms with Crippen molar-refractivity contribution in [2.24, 2.45) is 0 Å². The van der Waals surface area contributed by atoms with Crippen molar-refractivity contribution in [3.8, 4) is 28.6 Å². The number of β-lactam (4-membered cyclic amide) rings is 1. The van der Waals surface area contributed by atoms with Crippen LogP contribution in [-0.4, -0.2) is 121 Å². The maximum atomic E-state index is 13.8. The Bertz CT molecular complexity index is 2780. The molecule has 1 unspecified atom stereocenters. The number of pyridine rings is 1. The van der Waals surface area contributed by atoms with Crippen molar-refractivity contribution in [3.63, 3.8) is 0 Å².